The summed E-state index contributed by atoms with van der Waals surface area (Å²) in [5.74, 6) is -1.73. The number of nitrogens with zero attached hydrogens (tertiary/aromatic N) is 2. The molecule has 0 radical (unpaired) electrons. The number of rotatable bonds is 9. The molecule has 1 aliphatic heterocycles. The molecule has 1 aromatic carbocycles. The second-order valence-electron chi connectivity index (χ2n) is 7.66. The molecule has 1 unspecified atom stereocenters. The highest BCUT2D eigenvalue weighted by molar-refractivity contribution is 6.09. The van der Waals surface area contributed by atoms with Gasteiger partial charge >= 0.3 is 6.03 Å². The molecule has 1 aliphatic rings. The molecule has 3 rings (SSSR count). The first-order chi connectivity index (χ1) is 14.2. The molecule has 2 aromatic rings. The van der Waals surface area contributed by atoms with Crippen LogP contribution in [0.4, 0.5) is 13.6 Å². The molecule has 30 heavy (non-hydrogen) atoms. The molecule has 10 heteroatoms. The van der Waals surface area contributed by atoms with E-state index in [2.05, 4.69) is 27.6 Å². The van der Waals surface area contributed by atoms with E-state index in [1.165, 1.54) is 18.2 Å². The molecule has 8 nitrogen and oxygen atoms in total. The largest absolute Gasteiger partial charge is 0.344 e. The Morgan fingerprint density at radius 1 is 1.23 bits per heavy atom. The highest BCUT2D eigenvalue weighted by Gasteiger charge is 2.48. The van der Waals surface area contributed by atoms with E-state index in [1.807, 2.05) is 0 Å². The maximum Gasteiger partial charge on any atom is 0.344 e. The van der Waals surface area contributed by atoms with Crippen LogP contribution in [0.3, 0.4) is 0 Å². The van der Waals surface area contributed by atoms with Gasteiger partial charge in [0.2, 0.25) is 0 Å². The molecule has 0 aliphatic carbocycles. The third-order valence-corrected chi connectivity index (χ3v) is 5.22. The predicted octanol–water partition coefficient (Wildman–Crippen LogP) is 3.82. The number of carbonyl (C=O) groups excluding carboxylic acids is 3. The average Bonchev–Trinajstić information content (AvgIpc) is 3.22. The van der Waals surface area contributed by atoms with Gasteiger partial charge in [-0.1, -0.05) is 39.0 Å². The fourth-order valence-corrected chi connectivity index (χ4v) is 3.48. The van der Waals surface area contributed by atoms with Crippen molar-refractivity contribution in [1.82, 2.24) is 25.7 Å². The summed E-state index contributed by atoms with van der Waals surface area (Å²) in [7, 11) is 0. The second kappa shape index (κ2) is 8.76. The Balaban J connectivity index is 1.66. The summed E-state index contributed by atoms with van der Waals surface area (Å²) in [6.07, 6.45) is 2.76. The number of hydrogen-bond donors (Lipinski definition) is 3. The number of hydrogen-bond acceptors (Lipinski definition) is 4. The van der Waals surface area contributed by atoms with Gasteiger partial charge in [-0.3, -0.25) is 15.0 Å². The quantitative estimate of drug-likeness (QED) is 0.423. The molecule has 1 aromatic heterocycles. The Hall–Kier alpha value is -3.04. The lowest BCUT2D eigenvalue weighted by Crippen LogP contribution is -2.48. The van der Waals surface area contributed by atoms with Gasteiger partial charge in [0.05, 0.1) is 11.0 Å². The van der Waals surface area contributed by atoms with Crippen molar-refractivity contribution in [2.75, 3.05) is 0 Å². The SMILES string of the molecule is CCCCCCCC1(C)NC(=O)N(NC(=O)c2ccc3nc(C(F)F)[nH]c3c2)C1=O. The number of aromatic nitrogens is 2. The minimum Gasteiger partial charge on any atom is -0.337 e. The van der Waals surface area contributed by atoms with Crippen molar-refractivity contribution in [3.63, 3.8) is 0 Å². The number of benzene rings is 1. The van der Waals surface area contributed by atoms with Crippen LogP contribution in [0.2, 0.25) is 0 Å². The van der Waals surface area contributed by atoms with Crippen LogP contribution in [-0.4, -0.2) is 38.4 Å². The van der Waals surface area contributed by atoms with Gasteiger partial charge in [0.1, 0.15) is 5.54 Å². The molecular formula is C20H25F2N5O3. The van der Waals surface area contributed by atoms with Crippen molar-refractivity contribution >= 4 is 28.9 Å². The van der Waals surface area contributed by atoms with Crippen molar-refractivity contribution in [3.05, 3.63) is 29.6 Å². The Kier molecular flexibility index (Phi) is 6.33. The smallest absolute Gasteiger partial charge is 0.337 e. The zero-order valence-electron chi connectivity index (χ0n) is 16.9. The van der Waals surface area contributed by atoms with Crippen LogP contribution in [0.1, 0.15) is 75.0 Å². The van der Waals surface area contributed by atoms with E-state index in [9.17, 15) is 23.2 Å². The van der Waals surface area contributed by atoms with Crippen LogP contribution < -0.4 is 10.7 Å². The molecule has 1 atom stereocenters. The number of H-pyrrole nitrogens is 1. The molecule has 0 spiro atoms. The number of halogens is 2. The monoisotopic (exact) mass is 421 g/mol. The molecule has 2 heterocycles. The molecule has 162 valence electrons. The third-order valence-electron chi connectivity index (χ3n) is 5.22. The van der Waals surface area contributed by atoms with E-state index in [0.717, 1.165) is 32.1 Å². The topological polar surface area (TPSA) is 107 Å². The fraction of sp³-hybridized carbons (Fsp3) is 0.500. The highest BCUT2D eigenvalue weighted by atomic mass is 19.3. The first kappa shape index (κ1) is 21.7. The Labute approximate surface area is 172 Å². The van der Waals surface area contributed by atoms with E-state index in [4.69, 9.17) is 0 Å². The van der Waals surface area contributed by atoms with Crippen molar-refractivity contribution in [2.45, 2.75) is 64.3 Å². The number of unbranched alkanes of at least 4 members (excludes halogenated alkanes) is 4. The van der Waals surface area contributed by atoms with Crippen LogP contribution >= 0.6 is 0 Å². The van der Waals surface area contributed by atoms with Gasteiger partial charge in [0.25, 0.3) is 18.2 Å². The molecule has 0 bridgehead atoms. The number of urea groups is 1. The Bertz CT molecular complexity index is 961. The number of amides is 4. The maximum absolute atomic E-state index is 12.8. The van der Waals surface area contributed by atoms with Crippen molar-refractivity contribution < 1.29 is 23.2 Å². The van der Waals surface area contributed by atoms with Crippen LogP contribution in [0.15, 0.2) is 18.2 Å². The summed E-state index contributed by atoms with van der Waals surface area (Å²) < 4.78 is 25.6. The van der Waals surface area contributed by atoms with Crippen molar-refractivity contribution in [1.29, 1.82) is 0 Å². The van der Waals surface area contributed by atoms with Crippen LogP contribution in [0.25, 0.3) is 11.0 Å². The van der Waals surface area contributed by atoms with E-state index < -0.39 is 35.6 Å². The highest BCUT2D eigenvalue weighted by Crippen LogP contribution is 2.24. The number of carbonyl (C=O) groups is 3. The van der Waals surface area contributed by atoms with Gasteiger partial charge in [0, 0.05) is 5.56 Å². The Morgan fingerprint density at radius 3 is 2.67 bits per heavy atom. The van der Waals surface area contributed by atoms with E-state index in [-0.39, 0.29) is 16.6 Å². The average molecular weight is 421 g/mol. The standard InChI is InChI=1S/C20H25F2N5O3/c1-3-4-5-6-7-10-20(2)18(29)27(19(30)25-20)26-17(28)12-8-9-13-14(11-12)24-16(23-13)15(21)22/h8-9,11,15H,3-7,10H2,1-2H3,(H,23,24)(H,25,30)(H,26,28). The zero-order chi connectivity index (χ0) is 21.9. The summed E-state index contributed by atoms with van der Waals surface area (Å²) >= 11 is 0. The van der Waals surface area contributed by atoms with Gasteiger partial charge in [-0.15, -0.1) is 0 Å². The minimum atomic E-state index is -2.76. The third kappa shape index (κ3) is 4.42. The second-order valence-corrected chi connectivity index (χ2v) is 7.66. The van der Waals surface area contributed by atoms with E-state index in [1.54, 1.807) is 6.92 Å². The van der Waals surface area contributed by atoms with E-state index >= 15 is 0 Å². The van der Waals surface area contributed by atoms with Gasteiger partial charge < -0.3 is 10.3 Å². The molecular weight excluding hydrogens is 396 g/mol. The molecule has 1 fully saturated rings. The number of imidazole rings is 1. The minimum absolute atomic E-state index is 0.0979. The molecule has 1 saturated heterocycles. The lowest BCUT2D eigenvalue weighted by atomic mass is 9.94. The van der Waals surface area contributed by atoms with Crippen LogP contribution in [-0.2, 0) is 4.79 Å². The lowest BCUT2D eigenvalue weighted by Gasteiger charge is -2.21. The van der Waals surface area contributed by atoms with Gasteiger partial charge in [-0.2, -0.15) is 5.01 Å². The summed E-state index contributed by atoms with van der Waals surface area (Å²) in [5, 5.41) is 3.32. The van der Waals surface area contributed by atoms with Gasteiger partial charge in [-0.25, -0.2) is 18.6 Å². The number of nitrogens with one attached hydrogen (secondary N) is 3. The zero-order valence-corrected chi connectivity index (χ0v) is 16.9. The summed E-state index contributed by atoms with van der Waals surface area (Å²) in [6, 6.07) is 3.44. The normalized spacial score (nSPS) is 19.0. The van der Waals surface area contributed by atoms with Gasteiger partial charge in [-0.05, 0) is 31.5 Å². The predicted molar refractivity (Wildman–Crippen MR) is 106 cm³/mol. The number of imide groups is 1. The summed E-state index contributed by atoms with van der Waals surface area (Å²) in [5.41, 5.74) is 1.87. The first-order valence-corrected chi connectivity index (χ1v) is 10.0. The van der Waals surface area contributed by atoms with Crippen LogP contribution in [0, 0.1) is 0 Å². The van der Waals surface area contributed by atoms with Crippen molar-refractivity contribution in [3.8, 4) is 0 Å². The lowest BCUT2D eigenvalue weighted by molar-refractivity contribution is -0.132. The number of alkyl halides is 2. The fourth-order valence-electron chi connectivity index (χ4n) is 3.48. The van der Waals surface area contributed by atoms with E-state index in [0.29, 0.717) is 11.4 Å². The summed E-state index contributed by atoms with van der Waals surface area (Å²) in [4.78, 5) is 43.8. The number of hydrazine groups is 1. The first-order valence-electron chi connectivity index (χ1n) is 10.0. The van der Waals surface area contributed by atoms with Gasteiger partial charge in [0.15, 0.2) is 5.82 Å². The number of fused-ring (bicyclic) bond motifs is 1. The summed E-state index contributed by atoms with van der Waals surface area (Å²) in [6.45, 7) is 3.76. The van der Waals surface area contributed by atoms with Crippen LogP contribution in [0.5, 0.6) is 0 Å². The Morgan fingerprint density at radius 2 is 1.97 bits per heavy atom. The maximum atomic E-state index is 12.8. The molecule has 4 amide bonds. The number of aromatic amines is 1. The molecule has 0 saturated carbocycles. The van der Waals surface area contributed by atoms with Crippen molar-refractivity contribution in [2.24, 2.45) is 0 Å². The molecule has 3 N–H and O–H groups in total.